The first-order chi connectivity index (χ1) is 16.4. The number of thioether (sulfide) groups is 1. The van der Waals surface area contributed by atoms with Crippen LogP contribution < -0.4 is 15.6 Å². The van der Waals surface area contributed by atoms with Gasteiger partial charge in [0.25, 0.3) is 5.56 Å². The first-order valence-corrected chi connectivity index (χ1v) is 11.8. The maximum absolute atomic E-state index is 13.0. The number of amides is 1. The van der Waals surface area contributed by atoms with Gasteiger partial charge in [-0.1, -0.05) is 30.0 Å². The lowest BCUT2D eigenvalue weighted by Gasteiger charge is -2.07. The number of benzene rings is 2. The Labute approximate surface area is 201 Å². The van der Waals surface area contributed by atoms with Crippen molar-refractivity contribution in [1.29, 1.82) is 0 Å². The molecule has 0 saturated carbocycles. The molecule has 34 heavy (non-hydrogen) atoms. The molecule has 2 aromatic carbocycles. The van der Waals surface area contributed by atoms with Crippen LogP contribution in [0, 0.1) is 6.92 Å². The maximum Gasteiger partial charge on any atom is 0.295 e. The number of carbonyl (C=O) groups excluding carboxylic acids is 1. The van der Waals surface area contributed by atoms with Gasteiger partial charge in [-0.15, -0.1) is 10.2 Å². The molecular weight excluding hydrogens is 452 g/mol. The van der Waals surface area contributed by atoms with E-state index >= 15 is 0 Å². The lowest BCUT2D eigenvalue weighted by atomic mass is 10.2. The monoisotopic (exact) mass is 478 g/mol. The number of nitrogens with one attached hydrogen (secondary N) is 1. The van der Waals surface area contributed by atoms with E-state index < -0.39 is 0 Å². The zero-order valence-corrected chi connectivity index (χ0v) is 20.3. The zero-order valence-electron chi connectivity index (χ0n) is 19.5. The molecule has 0 bridgehead atoms. The molecule has 0 aliphatic rings. The molecule has 4 rings (SSSR count). The van der Waals surface area contributed by atoms with E-state index in [0.29, 0.717) is 23.3 Å². The van der Waals surface area contributed by atoms with Crippen molar-refractivity contribution >= 4 is 23.4 Å². The largest absolute Gasteiger partial charge is 0.494 e. The highest BCUT2D eigenvalue weighted by molar-refractivity contribution is 7.99. The minimum atomic E-state index is -0.290. The smallest absolute Gasteiger partial charge is 0.295 e. The van der Waals surface area contributed by atoms with Crippen LogP contribution in [0.4, 0.5) is 5.69 Å². The Balaban J connectivity index is 1.45. The summed E-state index contributed by atoms with van der Waals surface area (Å²) in [7, 11) is 3.64. The third kappa shape index (κ3) is 4.62. The van der Waals surface area contributed by atoms with E-state index in [0.717, 1.165) is 17.0 Å². The predicted molar refractivity (Wildman–Crippen MR) is 133 cm³/mol. The van der Waals surface area contributed by atoms with Crippen LogP contribution in [-0.2, 0) is 18.9 Å². The van der Waals surface area contributed by atoms with Crippen LogP contribution >= 0.6 is 11.8 Å². The number of rotatable bonds is 8. The van der Waals surface area contributed by atoms with Gasteiger partial charge in [-0.25, -0.2) is 4.68 Å². The van der Waals surface area contributed by atoms with Gasteiger partial charge < -0.3 is 14.6 Å². The molecule has 0 fully saturated rings. The molecule has 1 amide bonds. The molecule has 4 aromatic rings. The second-order valence-corrected chi connectivity index (χ2v) is 8.54. The van der Waals surface area contributed by atoms with Crippen LogP contribution in [0.1, 0.15) is 12.6 Å². The number of hydrogen-bond acceptors (Lipinski definition) is 6. The van der Waals surface area contributed by atoms with Gasteiger partial charge in [0.1, 0.15) is 11.4 Å². The summed E-state index contributed by atoms with van der Waals surface area (Å²) in [5.41, 5.74) is 2.29. The average molecular weight is 479 g/mol. The van der Waals surface area contributed by atoms with Gasteiger partial charge in [-0.2, -0.15) is 0 Å². The Hall–Kier alpha value is -3.79. The molecule has 0 saturated heterocycles. The lowest BCUT2D eigenvalue weighted by molar-refractivity contribution is -0.113. The normalized spacial score (nSPS) is 10.9. The van der Waals surface area contributed by atoms with Crippen LogP contribution in [-0.4, -0.2) is 42.4 Å². The Morgan fingerprint density at radius 2 is 1.76 bits per heavy atom. The topological polar surface area (TPSA) is 96.0 Å². The van der Waals surface area contributed by atoms with E-state index in [4.69, 9.17) is 4.74 Å². The number of anilines is 1. The highest BCUT2D eigenvalue weighted by Crippen LogP contribution is 2.25. The summed E-state index contributed by atoms with van der Waals surface area (Å²) in [4.78, 5) is 25.7. The van der Waals surface area contributed by atoms with E-state index in [1.54, 1.807) is 18.7 Å². The van der Waals surface area contributed by atoms with Crippen molar-refractivity contribution in [2.24, 2.45) is 14.1 Å². The fourth-order valence-electron chi connectivity index (χ4n) is 3.58. The second kappa shape index (κ2) is 10.0. The summed E-state index contributed by atoms with van der Waals surface area (Å²) >= 11 is 1.26. The summed E-state index contributed by atoms with van der Waals surface area (Å²) in [5.74, 6) is 1.29. The first-order valence-electron chi connectivity index (χ1n) is 10.8. The average Bonchev–Trinajstić information content (AvgIpc) is 3.31. The van der Waals surface area contributed by atoms with Gasteiger partial charge in [-0.05, 0) is 50.2 Å². The molecule has 176 valence electrons. The number of carbonyl (C=O) groups is 1. The number of para-hydroxylation sites is 1. The van der Waals surface area contributed by atoms with Crippen LogP contribution in [0.15, 0.2) is 64.5 Å². The Morgan fingerprint density at radius 1 is 1.06 bits per heavy atom. The highest BCUT2D eigenvalue weighted by Gasteiger charge is 2.19. The van der Waals surface area contributed by atoms with Gasteiger partial charge in [0.2, 0.25) is 5.91 Å². The van der Waals surface area contributed by atoms with Crippen molar-refractivity contribution < 1.29 is 9.53 Å². The number of aromatic nitrogens is 5. The minimum Gasteiger partial charge on any atom is -0.494 e. The van der Waals surface area contributed by atoms with Crippen LogP contribution in [0.25, 0.3) is 17.1 Å². The first kappa shape index (κ1) is 23.4. The Kier molecular flexibility index (Phi) is 6.87. The molecule has 9 nitrogen and oxygen atoms in total. The molecule has 0 spiro atoms. The molecule has 2 aromatic heterocycles. The van der Waals surface area contributed by atoms with Crippen molar-refractivity contribution in [3.05, 3.63) is 70.6 Å². The predicted octanol–water partition coefficient (Wildman–Crippen LogP) is 3.41. The molecule has 1 N–H and O–H groups in total. The summed E-state index contributed by atoms with van der Waals surface area (Å²) in [6.07, 6.45) is 0. The van der Waals surface area contributed by atoms with Crippen LogP contribution in [0.3, 0.4) is 0 Å². The Morgan fingerprint density at radius 3 is 2.44 bits per heavy atom. The van der Waals surface area contributed by atoms with Crippen molar-refractivity contribution in [1.82, 2.24) is 24.1 Å². The van der Waals surface area contributed by atoms with E-state index in [1.807, 2.05) is 73.1 Å². The second-order valence-electron chi connectivity index (χ2n) is 7.60. The maximum atomic E-state index is 13.0. The van der Waals surface area contributed by atoms with Crippen LogP contribution in [0.5, 0.6) is 5.75 Å². The van der Waals surface area contributed by atoms with Crippen LogP contribution in [0.2, 0.25) is 0 Å². The highest BCUT2D eigenvalue weighted by atomic mass is 32.2. The molecule has 0 unspecified atom stereocenters. The van der Waals surface area contributed by atoms with E-state index in [1.165, 1.54) is 16.4 Å². The van der Waals surface area contributed by atoms with Crippen molar-refractivity contribution in [3.8, 4) is 22.8 Å². The Bertz CT molecular complexity index is 1360. The van der Waals surface area contributed by atoms with Gasteiger partial charge in [-0.3, -0.25) is 14.3 Å². The van der Waals surface area contributed by atoms with Gasteiger partial charge in [0.05, 0.1) is 23.7 Å². The quantitative estimate of drug-likeness (QED) is 0.390. The lowest BCUT2D eigenvalue weighted by Crippen LogP contribution is -2.23. The minimum absolute atomic E-state index is 0.0916. The molecule has 10 heteroatoms. The number of hydrogen-bond donors (Lipinski definition) is 1. The van der Waals surface area contributed by atoms with Gasteiger partial charge in [0.15, 0.2) is 11.0 Å². The zero-order chi connectivity index (χ0) is 24.2. The summed E-state index contributed by atoms with van der Waals surface area (Å²) in [5, 5.41) is 11.9. The van der Waals surface area contributed by atoms with E-state index in [2.05, 4.69) is 15.5 Å². The van der Waals surface area contributed by atoms with Crippen molar-refractivity contribution in [2.75, 3.05) is 17.7 Å². The number of ether oxygens (including phenoxy) is 1. The van der Waals surface area contributed by atoms with Crippen molar-refractivity contribution in [2.45, 2.75) is 19.0 Å². The third-order valence-electron chi connectivity index (χ3n) is 5.41. The van der Waals surface area contributed by atoms with Crippen molar-refractivity contribution in [3.63, 3.8) is 0 Å². The fraction of sp³-hybridized carbons (Fsp3) is 0.250. The third-order valence-corrected chi connectivity index (χ3v) is 6.43. The van der Waals surface area contributed by atoms with Gasteiger partial charge in [0, 0.05) is 19.7 Å². The molecule has 0 radical (unpaired) electrons. The van der Waals surface area contributed by atoms with E-state index in [9.17, 15) is 9.59 Å². The molecular formula is C24H26N6O3S. The number of nitrogens with zero attached hydrogens (tertiary/aromatic N) is 5. The molecule has 0 atom stereocenters. The summed E-state index contributed by atoms with van der Waals surface area (Å²) < 4.78 is 10.6. The standard InChI is InChI=1S/C24H26N6O3S/c1-5-33-19-13-11-17(12-14-19)22-26-27-24(28(22)3)34-15-20(31)25-21-16(2)29(4)30(23(21)32)18-9-7-6-8-10-18/h6-14H,5,15H2,1-4H3,(H,25,31). The molecule has 2 heterocycles. The SMILES string of the molecule is CCOc1ccc(-c2nnc(SCC(=O)Nc3c(C)n(C)n(-c4ccccc4)c3=O)n2C)cc1. The summed E-state index contributed by atoms with van der Waals surface area (Å²) in [6.45, 7) is 4.35. The fourth-order valence-corrected chi connectivity index (χ4v) is 4.29. The molecule has 0 aliphatic heterocycles. The van der Waals surface area contributed by atoms with E-state index in [-0.39, 0.29) is 22.9 Å². The molecule has 0 aliphatic carbocycles. The summed E-state index contributed by atoms with van der Waals surface area (Å²) in [6, 6.07) is 16.9. The van der Waals surface area contributed by atoms with Gasteiger partial charge >= 0.3 is 0 Å².